The smallest absolute Gasteiger partial charge is 0.250 e. The standard InChI is InChI=1S/C25H23FN3O7PS3/c26-23-15-22(7-6-20(23)16-27)36-37(30,31)18-28-40(34,35)25-14-21-13-19(5-8-24(21)38-25)17-39(32,33)12-4-11-29-9-2-1-3-10-29/h1-3,5-10,13-15,28H,4,11-12,17-18H2. The number of fused-ring (bicyclic) bond motifs is 1. The molecule has 1 N–H and O–H groups in total. The Morgan fingerprint density at radius 2 is 1.82 bits per heavy atom. The maximum absolute atomic E-state index is 13.7. The summed E-state index contributed by atoms with van der Waals surface area (Å²) in [5.74, 6) is -1.60. The van der Waals surface area contributed by atoms with Gasteiger partial charge < -0.3 is 9.42 Å². The van der Waals surface area contributed by atoms with Crippen molar-refractivity contribution in [3.8, 4) is 11.8 Å². The monoisotopic (exact) mass is 623 g/mol. The van der Waals surface area contributed by atoms with Crippen molar-refractivity contribution < 1.29 is 39.8 Å². The molecule has 40 heavy (non-hydrogen) atoms. The number of sulfone groups is 1. The van der Waals surface area contributed by atoms with Crippen molar-refractivity contribution in [2.24, 2.45) is 0 Å². The highest BCUT2D eigenvalue weighted by Crippen LogP contribution is 2.38. The number of aromatic nitrogens is 1. The predicted octanol–water partition coefficient (Wildman–Crippen LogP) is 3.07. The fourth-order valence-electron chi connectivity index (χ4n) is 3.74. The molecule has 0 saturated heterocycles. The number of thiophene rings is 1. The van der Waals surface area contributed by atoms with Crippen LogP contribution in [0.4, 0.5) is 4.39 Å². The molecule has 2 aromatic heterocycles. The largest absolute Gasteiger partial charge is 0.768 e. The molecule has 0 aliphatic rings. The van der Waals surface area contributed by atoms with E-state index in [1.165, 1.54) is 6.07 Å². The Bertz CT molecular complexity index is 1840. The second-order valence-corrected chi connectivity index (χ2v) is 15.7. The van der Waals surface area contributed by atoms with E-state index in [1.54, 1.807) is 24.3 Å². The molecule has 15 heteroatoms. The number of nitriles is 1. The van der Waals surface area contributed by atoms with Crippen molar-refractivity contribution in [2.75, 3.05) is 12.0 Å². The van der Waals surface area contributed by atoms with Crippen molar-refractivity contribution in [1.82, 2.24) is 4.72 Å². The highest BCUT2D eigenvalue weighted by molar-refractivity contribution is 7.92. The third-order valence-electron chi connectivity index (χ3n) is 5.61. The van der Waals surface area contributed by atoms with Gasteiger partial charge in [0.15, 0.2) is 29.8 Å². The first kappa shape index (κ1) is 29.8. The van der Waals surface area contributed by atoms with Gasteiger partial charge in [-0.1, -0.05) is 12.1 Å². The Morgan fingerprint density at radius 1 is 1.07 bits per heavy atom. The molecular formula is C25H23FN3O7PS3. The Hall–Kier alpha value is -3.18. The van der Waals surface area contributed by atoms with E-state index in [1.807, 2.05) is 39.9 Å². The van der Waals surface area contributed by atoms with E-state index in [9.17, 15) is 30.7 Å². The Kier molecular flexibility index (Phi) is 9.04. The van der Waals surface area contributed by atoms with Crippen LogP contribution in [0.15, 0.2) is 77.3 Å². The molecule has 0 amide bonds. The molecule has 0 aliphatic heterocycles. The average molecular weight is 624 g/mol. The molecule has 1 atom stereocenters. The molecule has 0 aliphatic carbocycles. The number of sulfonamides is 1. The first-order chi connectivity index (χ1) is 18.9. The summed E-state index contributed by atoms with van der Waals surface area (Å²) in [7, 11) is -12.5. The lowest BCUT2D eigenvalue weighted by Crippen LogP contribution is -2.33. The fraction of sp³-hybridized carbons (Fsp3) is 0.200. The van der Waals surface area contributed by atoms with E-state index >= 15 is 0 Å². The molecule has 4 rings (SSSR count). The molecule has 1 unspecified atom stereocenters. The van der Waals surface area contributed by atoms with Gasteiger partial charge in [-0.2, -0.15) is 5.26 Å². The second kappa shape index (κ2) is 12.1. The van der Waals surface area contributed by atoms with Gasteiger partial charge in [-0.05, 0) is 41.3 Å². The van der Waals surface area contributed by atoms with E-state index in [-0.39, 0.29) is 21.3 Å². The minimum Gasteiger partial charge on any atom is -0.768 e. The Morgan fingerprint density at radius 3 is 2.52 bits per heavy atom. The van der Waals surface area contributed by atoms with Crippen LogP contribution in [-0.2, 0) is 36.7 Å². The number of hydrogen-bond acceptors (Lipinski definition) is 9. The third-order valence-corrected chi connectivity index (χ3v) is 11.5. The van der Waals surface area contributed by atoms with Crippen LogP contribution < -0.4 is 18.7 Å². The zero-order valence-corrected chi connectivity index (χ0v) is 24.1. The number of pyridine rings is 1. The van der Waals surface area contributed by atoms with E-state index < -0.39 is 45.3 Å². The van der Waals surface area contributed by atoms with Crippen LogP contribution >= 0.6 is 18.9 Å². The van der Waals surface area contributed by atoms with Crippen LogP contribution in [0.2, 0.25) is 0 Å². The number of halogens is 1. The molecule has 210 valence electrons. The molecule has 2 aromatic carbocycles. The van der Waals surface area contributed by atoms with Crippen molar-refractivity contribution in [1.29, 1.82) is 5.26 Å². The molecule has 0 spiro atoms. The summed E-state index contributed by atoms with van der Waals surface area (Å²) in [6.07, 6.45) is 3.06. The van der Waals surface area contributed by atoms with E-state index in [4.69, 9.17) is 9.79 Å². The molecule has 4 aromatic rings. The number of aryl methyl sites for hydroxylation is 1. The zero-order chi connectivity index (χ0) is 29.0. The van der Waals surface area contributed by atoms with E-state index in [0.717, 1.165) is 23.5 Å². The second-order valence-electron chi connectivity index (χ2n) is 8.76. The lowest BCUT2D eigenvalue weighted by molar-refractivity contribution is -0.696. The van der Waals surface area contributed by atoms with Gasteiger partial charge in [-0.3, -0.25) is 4.57 Å². The summed E-state index contributed by atoms with van der Waals surface area (Å²) >= 11 is 0.888. The maximum atomic E-state index is 13.7. The van der Waals surface area contributed by atoms with Gasteiger partial charge >= 0.3 is 0 Å². The van der Waals surface area contributed by atoms with Crippen LogP contribution in [0, 0.1) is 17.1 Å². The Balaban J connectivity index is 1.39. The SMILES string of the molecule is N#Cc1ccc(OP(=O)([O-])CNS(=O)(=O)c2cc3cc(CS(=O)(=O)CCC[n+]4ccccc4)ccc3s2)cc1F. The lowest BCUT2D eigenvalue weighted by Gasteiger charge is -2.24. The normalized spacial score (nSPS) is 13.5. The number of nitrogens with zero attached hydrogens (tertiary/aromatic N) is 2. The minimum atomic E-state index is -4.82. The lowest BCUT2D eigenvalue weighted by atomic mass is 10.2. The van der Waals surface area contributed by atoms with Crippen molar-refractivity contribution in [2.45, 2.75) is 22.9 Å². The van der Waals surface area contributed by atoms with Gasteiger partial charge in [0.2, 0.25) is 0 Å². The van der Waals surface area contributed by atoms with Crippen molar-refractivity contribution in [3.05, 3.63) is 90.0 Å². The first-order valence-electron chi connectivity index (χ1n) is 11.7. The first-order valence-corrected chi connectivity index (χ1v) is 17.6. The van der Waals surface area contributed by atoms with E-state index in [0.29, 0.717) is 34.7 Å². The molecule has 0 fully saturated rings. The van der Waals surface area contributed by atoms with Gasteiger partial charge in [0, 0.05) is 29.3 Å². The van der Waals surface area contributed by atoms with Gasteiger partial charge in [0.05, 0.1) is 23.4 Å². The molecule has 0 bridgehead atoms. The van der Waals surface area contributed by atoms with Gasteiger partial charge in [0.1, 0.15) is 28.4 Å². The Labute approximate surface area is 234 Å². The molecule has 10 nitrogen and oxygen atoms in total. The van der Waals surface area contributed by atoms with Crippen LogP contribution in [-0.4, -0.2) is 28.9 Å². The summed E-state index contributed by atoms with van der Waals surface area (Å²) in [6.45, 7) is 0.559. The quantitative estimate of drug-likeness (QED) is 0.186. The van der Waals surface area contributed by atoms with Gasteiger partial charge in [-0.15, -0.1) is 11.3 Å². The fourth-order valence-corrected chi connectivity index (χ4v) is 9.03. The summed E-state index contributed by atoms with van der Waals surface area (Å²) in [5, 5.41) is 9.25. The predicted molar refractivity (Wildman–Crippen MR) is 145 cm³/mol. The maximum Gasteiger partial charge on any atom is 0.250 e. The number of nitrogens with one attached hydrogen (secondary N) is 1. The molecule has 2 heterocycles. The average Bonchev–Trinajstić information content (AvgIpc) is 3.32. The van der Waals surface area contributed by atoms with Crippen LogP contribution in [0.3, 0.4) is 0 Å². The molecular weight excluding hydrogens is 600 g/mol. The highest BCUT2D eigenvalue weighted by Gasteiger charge is 2.22. The van der Waals surface area contributed by atoms with Gasteiger partial charge in [-0.25, -0.2) is 30.5 Å². The number of hydrogen-bond donors (Lipinski definition) is 1. The molecule has 0 radical (unpaired) electrons. The summed E-state index contributed by atoms with van der Waals surface area (Å²) in [5.41, 5.74) is 0.197. The number of benzene rings is 2. The number of rotatable bonds is 12. The van der Waals surface area contributed by atoms with Crippen molar-refractivity contribution in [3.63, 3.8) is 0 Å². The van der Waals surface area contributed by atoms with Crippen LogP contribution in [0.25, 0.3) is 10.1 Å². The zero-order valence-electron chi connectivity index (χ0n) is 20.8. The van der Waals surface area contributed by atoms with Crippen LogP contribution in [0.5, 0.6) is 5.75 Å². The van der Waals surface area contributed by atoms with E-state index in [2.05, 4.69) is 0 Å². The van der Waals surface area contributed by atoms with Crippen LogP contribution in [0.1, 0.15) is 17.5 Å². The molecule has 0 saturated carbocycles. The summed E-state index contributed by atoms with van der Waals surface area (Å²) < 4.78 is 85.8. The summed E-state index contributed by atoms with van der Waals surface area (Å²) in [4.78, 5) is 12.3. The van der Waals surface area contributed by atoms with Gasteiger partial charge in [0.25, 0.3) is 10.0 Å². The highest BCUT2D eigenvalue weighted by atomic mass is 32.2. The van der Waals surface area contributed by atoms with Crippen molar-refractivity contribution >= 4 is 48.9 Å². The summed E-state index contributed by atoms with van der Waals surface area (Å²) in [6, 6.07) is 16.2. The minimum absolute atomic E-state index is 0.00739. The topological polar surface area (TPSA) is 157 Å². The third kappa shape index (κ3) is 7.94.